The summed E-state index contributed by atoms with van der Waals surface area (Å²) in [5.41, 5.74) is 2.56. The van der Waals surface area contributed by atoms with Gasteiger partial charge in [0, 0.05) is 19.2 Å². The smallest absolute Gasteiger partial charge is 0.254 e. The van der Waals surface area contributed by atoms with Crippen molar-refractivity contribution in [2.45, 2.75) is 13.5 Å². The second-order valence-corrected chi connectivity index (χ2v) is 5.53. The Labute approximate surface area is 142 Å². The summed E-state index contributed by atoms with van der Waals surface area (Å²) >= 11 is 0. The van der Waals surface area contributed by atoms with Crippen molar-refractivity contribution in [2.75, 3.05) is 28.4 Å². The van der Waals surface area contributed by atoms with Gasteiger partial charge in [0.25, 0.3) is 5.91 Å². The Bertz CT molecular complexity index is 727. The molecule has 0 saturated carbocycles. The topological polar surface area (TPSA) is 48.0 Å². The van der Waals surface area contributed by atoms with E-state index in [9.17, 15) is 4.79 Å². The Hall–Kier alpha value is -2.69. The van der Waals surface area contributed by atoms with Crippen LogP contribution < -0.4 is 14.2 Å². The molecule has 0 aliphatic rings. The van der Waals surface area contributed by atoms with Crippen LogP contribution in [0, 0.1) is 6.92 Å². The molecule has 0 heterocycles. The van der Waals surface area contributed by atoms with Crippen molar-refractivity contribution in [1.29, 1.82) is 0 Å². The van der Waals surface area contributed by atoms with Crippen LogP contribution in [0.3, 0.4) is 0 Å². The lowest BCUT2D eigenvalue weighted by Crippen LogP contribution is -2.26. The van der Waals surface area contributed by atoms with Gasteiger partial charge in [-0.1, -0.05) is 12.1 Å². The number of hydrogen-bond acceptors (Lipinski definition) is 4. The maximum absolute atomic E-state index is 12.6. The third kappa shape index (κ3) is 3.79. The average molecular weight is 329 g/mol. The molecule has 0 spiro atoms. The van der Waals surface area contributed by atoms with Crippen LogP contribution in [-0.2, 0) is 6.54 Å². The Balaban J connectivity index is 2.17. The number of benzene rings is 2. The lowest BCUT2D eigenvalue weighted by molar-refractivity contribution is 0.0784. The number of nitrogens with zero attached hydrogens (tertiary/aromatic N) is 1. The Morgan fingerprint density at radius 3 is 2.21 bits per heavy atom. The number of amides is 1. The Morgan fingerprint density at radius 2 is 1.58 bits per heavy atom. The van der Waals surface area contributed by atoms with E-state index in [4.69, 9.17) is 14.2 Å². The van der Waals surface area contributed by atoms with Gasteiger partial charge in [0.15, 0.2) is 11.5 Å². The van der Waals surface area contributed by atoms with E-state index in [0.29, 0.717) is 29.4 Å². The molecule has 0 unspecified atom stereocenters. The zero-order valence-electron chi connectivity index (χ0n) is 14.8. The van der Waals surface area contributed by atoms with Crippen molar-refractivity contribution < 1.29 is 19.0 Å². The van der Waals surface area contributed by atoms with Crippen LogP contribution in [0.25, 0.3) is 0 Å². The third-order valence-corrected chi connectivity index (χ3v) is 3.87. The predicted molar refractivity (Wildman–Crippen MR) is 93.1 cm³/mol. The molecule has 2 rings (SSSR count). The number of ether oxygens (including phenoxy) is 3. The minimum atomic E-state index is -0.0666. The highest BCUT2D eigenvalue weighted by Crippen LogP contribution is 2.28. The van der Waals surface area contributed by atoms with Gasteiger partial charge in [0.1, 0.15) is 5.75 Å². The van der Waals surface area contributed by atoms with Gasteiger partial charge in [-0.15, -0.1) is 0 Å². The Kier molecular flexibility index (Phi) is 5.68. The molecule has 2 aromatic rings. The maximum atomic E-state index is 12.6. The van der Waals surface area contributed by atoms with Gasteiger partial charge in [0.05, 0.1) is 21.3 Å². The zero-order valence-corrected chi connectivity index (χ0v) is 14.8. The molecule has 0 bridgehead atoms. The average Bonchev–Trinajstić information content (AvgIpc) is 2.61. The highest BCUT2D eigenvalue weighted by Gasteiger charge is 2.15. The summed E-state index contributed by atoms with van der Waals surface area (Å²) in [5, 5.41) is 0. The van der Waals surface area contributed by atoms with Crippen LogP contribution in [0.1, 0.15) is 21.5 Å². The van der Waals surface area contributed by atoms with Gasteiger partial charge in [-0.3, -0.25) is 4.79 Å². The summed E-state index contributed by atoms with van der Waals surface area (Å²) in [6.07, 6.45) is 0. The normalized spacial score (nSPS) is 10.2. The molecule has 0 radical (unpaired) electrons. The van der Waals surface area contributed by atoms with Crippen LogP contribution in [-0.4, -0.2) is 39.2 Å². The second-order valence-electron chi connectivity index (χ2n) is 5.53. The van der Waals surface area contributed by atoms with Crippen molar-refractivity contribution in [2.24, 2.45) is 0 Å². The van der Waals surface area contributed by atoms with Crippen LogP contribution in [0.5, 0.6) is 17.2 Å². The van der Waals surface area contributed by atoms with Gasteiger partial charge in [-0.25, -0.2) is 0 Å². The quantitative estimate of drug-likeness (QED) is 0.816. The minimum absolute atomic E-state index is 0.0666. The van der Waals surface area contributed by atoms with Crippen molar-refractivity contribution in [3.8, 4) is 17.2 Å². The molecule has 1 amide bonds. The number of aryl methyl sites for hydroxylation is 1. The SMILES string of the molecule is COc1cc(C(=O)N(C)Cc2ccc(OC)c(OC)c2)ccc1C. The standard InChI is InChI=1S/C19H23NO4/c1-13-6-8-15(11-17(13)23-4)19(21)20(2)12-14-7-9-16(22-3)18(10-14)24-5/h6-11H,12H2,1-5H3. The van der Waals surface area contributed by atoms with E-state index in [2.05, 4.69) is 0 Å². The summed E-state index contributed by atoms with van der Waals surface area (Å²) in [4.78, 5) is 14.3. The van der Waals surface area contributed by atoms with Crippen molar-refractivity contribution in [1.82, 2.24) is 4.90 Å². The molecule has 0 aliphatic heterocycles. The number of carbonyl (C=O) groups is 1. The predicted octanol–water partition coefficient (Wildman–Crippen LogP) is 3.29. The maximum Gasteiger partial charge on any atom is 0.254 e. The summed E-state index contributed by atoms with van der Waals surface area (Å²) in [5.74, 6) is 1.95. The first-order valence-corrected chi connectivity index (χ1v) is 7.61. The molecule has 128 valence electrons. The van der Waals surface area contributed by atoms with Gasteiger partial charge in [0.2, 0.25) is 0 Å². The summed E-state index contributed by atoms with van der Waals surface area (Å²) in [6, 6.07) is 11.1. The molecule has 0 aliphatic carbocycles. The van der Waals surface area contributed by atoms with Gasteiger partial charge < -0.3 is 19.1 Å². The highest BCUT2D eigenvalue weighted by molar-refractivity contribution is 5.94. The van der Waals surface area contributed by atoms with Crippen molar-refractivity contribution >= 4 is 5.91 Å². The number of carbonyl (C=O) groups excluding carboxylic acids is 1. The fourth-order valence-electron chi connectivity index (χ4n) is 2.50. The van der Waals surface area contributed by atoms with Crippen LogP contribution in [0.15, 0.2) is 36.4 Å². The minimum Gasteiger partial charge on any atom is -0.496 e. The first-order chi connectivity index (χ1) is 11.5. The molecule has 0 N–H and O–H groups in total. The van der Waals surface area contributed by atoms with E-state index in [1.54, 1.807) is 39.3 Å². The summed E-state index contributed by atoms with van der Waals surface area (Å²) < 4.78 is 15.8. The Morgan fingerprint density at radius 1 is 0.917 bits per heavy atom. The fraction of sp³-hybridized carbons (Fsp3) is 0.316. The van der Waals surface area contributed by atoms with Gasteiger partial charge >= 0.3 is 0 Å². The molecular formula is C19H23NO4. The van der Waals surface area contributed by atoms with Crippen LogP contribution in [0.4, 0.5) is 0 Å². The van der Waals surface area contributed by atoms with E-state index in [1.807, 2.05) is 37.3 Å². The van der Waals surface area contributed by atoms with E-state index in [1.165, 1.54) is 0 Å². The molecule has 5 nitrogen and oxygen atoms in total. The van der Waals surface area contributed by atoms with Crippen LogP contribution >= 0.6 is 0 Å². The number of rotatable bonds is 6. The lowest BCUT2D eigenvalue weighted by atomic mass is 10.1. The summed E-state index contributed by atoms with van der Waals surface area (Å²) in [6.45, 7) is 2.41. The monoisotopic (exact) mass is 329 g/mol. The third-order valence-electron chi connectivity index (χ3n) is 3.87. The largest absolute Gasteiger partial charge is 0.496 e. The fourth-order valence-corrected chi connectivity index (χ4v) is 2.50. The van der Waals surface area contributed by atoms with Gasteiger partial charge in [-0.05, 0) is 42.3 Å². The van der Waals surface area contributed by atoms with Gasteiger partial charge in [-0.2, -0.15) is 0 Å². The molecule has 0 atom stereocenters. The molecule has 0 aromatic heterocycles. The van der Waals surface area contributed by atoms with E-state index < -0.39 is 0 Å². The first-order valence-electron chi connectivity index (χ1n) is 7.61. The van der Waals surface area contributed by atoms with Crippen molar-refractivity contribution in [3.63, 3.8) is 0 Å². The molecule has 0 saturated heterocycles. The number of methoxy groups -OCH3 is 3. The molecular weight excluding hydrogens is 306 g/mol. The molecule has 5 heteroatoms. The molecule has 24 heavy (non-hydrogen) atoms. The van der Waals surface area contributed by atoms with E-state index >= 15 is 0 Å². The second kappa shape index (κ2) is 7.73. The van der Waals surface area contributed by atoms with E-state index in [0.717, 1.165) is 11.1 Å². The first kappa shape index (κ1) is 17.7. The van der Waals surface area contributed by atoms with Crippen molar-refractivity contribution in [3.05, 3.63) is 53.1 Å². The van der Waals surface area contributed by atoms with Crippen LogP contribution in [0.2, 0.25) is 0 Å². The number of hydrogen-bond donors (Lipinski definition) is 0. The lowest BCUT2D eigenvalue weighted by Gasteiger charge is -2.19. The molecule has 0 fully saturated rings. The highest BCUT2D eigenvalue weighted by atomic mass is 16.5. The van der Waals surface area contributed by atoms with E-state index in [-0.39, 0.29) is 5.91 Å². The zero-order chi connectivity index (χ0) is 17.7. The summed E-state index contributed by atoms with van der Waals surface area (Å²) in [7, 11) is 6.56. The molecule has 2 aromatic carbocycles.